The first kappa shape index (κ1) is 10.7. The van der Waals surface area contributed by atoms with E-state index in [0.29, 0.717) is 18.7 Å². The van der Waals surface area contributed by atoms with Crippen molar-refractivity contribution in [2.75, 3.05) is 0 Å². The number of amides is 1. The molecular formula is C11H13N3O2. The molecule has 5 heteroatoms. The first-order valence-electron chi connectivity index (χ1n) is 5.20. The topological polar surface area (TPSA) is 78.9 Å². The Morgan fingerprint density at radius 1 is 1.62 bits per heavy atom. The van der Waals surface area contributed by atoms with Crippen LogP contribution in [0.1, 0.15) is 30.2 Å². The van der Waals surface area contributed by atoms with Gasteiger partial charge < -0.3 is 9.73 Å². The molecule has 1 amide bonds. The summed E-state index contributed by atoms with van der Waals surface area (Å²) in [6.07, 6.45) is 1.30. The molecule has 1 saturated carbocycles. The molecule has 1 N–H and O–H groups in total. The summed E-state index contributed by atoms with van der Waals surface area (Å²) in [5.74, 6) is 1.02. The monoisotopic (exact) mass is 219 g/mol. The lowest BCUT2D eigenvalue weighted by molar-refractivity contribution is -0.124. The van der Waals surface area contributed by atoms with Gasteiger partial charge in [-0.15, -0.1) is 0 Å². The van der Waals surface area contributed by atoms with Gasteiger partial charge in [-0.05, 0) is 26.7 Å². The van der Waals surface area contributed by atoms with Crippen LogP contribution in [0, 0.1) is 30.6 Å². The van der Waals surface area contributed by atoms with Crippen LogP contribution >= 0.6 is 0 Å². The minimum Gasteiger partial charge on any atom is -0.444 e. The highest BCUT2D eigenvalue weighted by atomic mass is 16.4. The second-order valence-electron chi connectivity index (χ2n) is 4.13. The van der Waals surface area contributed by atoms with Crippen molar-refractivity contribution in [3.05, 3.63) is 17.3 Å². The van der Waals surface area contributed by atoms with E-state index < -0.39 is 5.41 Å². The number of carbonyl (C=O) groups excluding carboxylic acids is 1. The van der Waals surface area contributed by atoms with Crippen LogP contribution in [0.25, 0.3) is 0 Å². The first-order valence-corrected chi connectivity index (χ1v) is 5.20. The predicted molar refractivity (Wildman–Crippen MR) is 55.1 cm³/mol. The maximum absolute atomic E-state index is 11.6. The van der Waals surface area contributed by atoms with Crippen molar-refractivity contribution in [3.63, 3.8) is 0 Å². The van der Waals surface area contributed by atoms with Crippen molar-refractivity contribution in [2.45, 2.75) is 33.2 Å². The van der Waals surface area contributed by atoms with E-state index in [1.165, 1.54) is 0 Å². The molecule has 0 radical (unpaired) electrons. The molecule has 0 atom stereocenters. The maximum atomic E-state index is 11.6. The van der Waals surface area contributed by atoms with E-state index in [4.69, 9.17) is 9.68 Å². The van der Waals surface area contributed by atoms with Crippen molar-refractivity contribution in [3.8, 4) is 6.07 Å². The van der Waals surface area contributed by atoms with Crippen molar-refractivity contribution < 1.29 is 9.21 Å². The standard InChI is InChI=1S/C11H13N3O2/c1-7-8(2)16-9(14-7)5-13-10(15)11(6-12)3-4-11/h3-5H2,1-2H3,(H,13,15). The lowest BCUT2D eigenvalue weighted by Crippen LogP contribution is -2.30. The summed E-state index contributed by atoms with van der Waals surface area (Å²) in [4.78, 5) is 15.8. The number of oxazole rings is 1. The first-order chi connectivity index (χ1) is 7.57. The molecular weight excluding hydrogens is 206 g/mol. The van der Waals surface area contributed by atoms with E-state index in [9.17, 15) is 4.79 Å². The van der Waals surface area contributed by atoms with Gasteiger partial charge in [-0.1, -0.05) is 0 Å². The molecule has 0 aliphatic heterocycles. The Balaban J connectivity index is 1.93. The summed E-state index contributed by atoms with van der Waals surface area (Å²) in [7, 11) is 0. The van der Waals surface area contributed by atoms with E-state index >= 15 is 0 Å². The molecule has 0 bridgehead atoms. The zero-order chi connectivity index (χ0) is 11.8. The third kappa shape index (κ3) is 1.78. The van der Waals surface area contributed by atoms with Crippen LogP contribution in [0.15, 0.2) is 4.42 Å². The molecule has 1 aliphatic rings. The Morgan fingerprint density at radius 2 is 2.31 bits per heavy atom. The molecule has 16 heavy (non-hydrogen) atoms. The number of nitriles is 1. The predicted octanol–water partition coefficient (Wildman–Crippen LogP) is 1.21. The van der Waals surface area contributed by atoms with Crippen molar-refractivity contribution in [1.29, 1.82) is 5.26 Å². The fourth-order valence-electron chi connectivity index (χ4n) is 1.45. The second kappa shape index (κ2) is 3.63. The van der Waals surface area contributed by atoms with Gasteiger partial charge >= 0.3 is 0 Å². The SMILES string of the molecule is Cc1nc(CNC(=O)C2(C#N)CC2)oc1C. The van der Waals surface area contributed by atoms with Gasteiger partial charge in [0.1, 0.15) is 11.2 Å². The summed E-state index contributed by atoms with van der Waals surface area (Å²) in [5, 5.41) is 11.5. The Hall–Kier alpha value is -1.83. The number of aromatic nitrogens is 1. The average Bonchev–Trinajstić information content (AvgIpc) is 3.00. The quantitative estimate of drug-likeness (QED) is 0.828. The van der Waals surface area contributed by atoms with Crippen LogP contribution in [0.4, 0.5) is 0 Å². The van der Waals surface area contributed by atoms with Gasteiger partial charge in [0.15, 0.2) is 0 Å². The number of hydrogen-bond donors (Lipinski definition) is 1. The van der Waals surface area contributed by atoms with Crippen LogP contribution in [0.5, 0.6) is 0 Å². The van der Waals surface area contributed by atoms with E-state index in [0.717, 1.165) is 11.5 Å². The van der Waals surface area contributed by atoms with Gasteiger partial charge in [-0.2, -0.15) is 5.26 Å². The van der Waals surface area contributed by atoms with Crippen LogP contribution in [-0.4, -0.2) is 10.9 Å². The summed E-state index contributed by atoms with van der Waals surface area (Å²) in [5.41, 5.74) is 0.0436. The van der Waals surface area contributed by atoms with Gasteiger partial charge in [-0.25, -0.2) is 4.98 Å². The zero-order valence-corrected chi connectivity index (χ0v) is 9.33. The molecule has 0 aromatic carbocycles. The smallest absolute Gasteiger partial charge is 0.240 e. The third-order valence-corrected chi connectivity index (χ3v) is 2.87. The van der Waals surface area contributed by atoms with Gasteiger partial charge in [0.2, 0.25) is 11.8 Å². The van der Waals surface area contributed by atoms with E-state index in [-0.39, 0.29) is 12.5 Å². The fraction of sp³-hybridized carbons (Fsp3) is 0.545. The van der Waals surface area contributed by atoms with E-state index in [1.54, 1.807) is 0 Å². The Bertz CT molecular complexity index is 447. The summed E-state index contributed by atoms with van der Waals surface area (Å²) < 4.78 is 5.32. The van der Waals surface area contributed by atoms with Crippen LogP contribution < -0.4 is 5.32 Å². The molecule has 0 unspecified atom stereocenters. The lowest BCUT2D eigenvalue weighted by atomic mass is 10.1. The van der Waals surface area contributed by atoms with Crippen molar-refractivity contribution in [1.82, 2.24) is 10.3 Å². The molecule has 1 aliphatic carbocycles. The fourth-order valence-corrected chi connectivity index (χ4v) is 1.45. The van der Waals surface area contributed by atoms with Gasteiger partial charge in [-0.3, -0.25) is 4.79 Å². The van der Waals surface area contributed by atoms with Crippen molar-refractivity contribution >= 4 is 5.91 Å². The van der Waals surface area contributed by atoms with E-state index in [2.05, 4.69) is 10.3 Å². The van der Waals surface area contributed by atoms with Gasteiger partial charge in [0.05, 0.1) is 18.3 Å². The Morgan fingerprint density at radius 3 is 2.75 bits per heavy atom. The summed E-state index contributed by atoms with van der Waals surface area (Å²) in [6, 6.07) is 2.04. The minimum absolute atomic E-state index is 0.219. The number of carbonyl (C=O) groups is 1. The molecule has 1 aromatic heterocycles. The summed E-state index contributed by atoms with van der Waals surface area (Å²) in [6.45, 7) is 3.92. The van der Waals surface area contributed by atoms with Gasteiger partial charge in [0, 0.05) is 0 Å². The molecule has 2 rings (SSSR count). The lowest BCUT2D eigenvalue weighted by Gasteiger charge is -2.05. The van der Waals surface area contributed by atoms with Gasteiger partial charge in [0.25, 0.3) is 0 Å². The summed E-state index contributed by atoms with van der Waals surface area (Å²) >= 11 is 0. The Kier molecular flexibility index (Phi) is 2.43. The number of aryl methyl sites for hydroxylation is 2. The van der Waals surface area contributed by atoms with Crippen LogP contribution in [0.2, 0.25) is 0 Å². The third-order valence-electron chi connectivity index (χ3n) is 2.87. The Labute approximate surface area is 93.5 Å². The molecule has 0 saturated heterocycles. The maximum Gasteiger partial charge on any atom is 0.240 e. The number of nitrogens with one attached hydrogen (secondary N) is 1. The van der Waals surface area contributed by atoms with Crippen LogP contribution in [0.3, 0.4) is 0 Å². The number of hydrogen-bond acceptors (Lipinski definition) is 4. The highest BCUT2D eigenvalue weighted by molar-refractivity contribution is 5.88. The zero-order valence-electron chi connectivity index (χ0n) is 9.33. The normalized spacial score (nSPS) is 16.6. The molecule has 5 nitrogen and oxygen atoms in total. The number of nitrogens with zero attached hydrogens (tertiary/aromatic N) is 2. The minimum atomic E-state index is -0.781. The number of rotatable bonds is 3. The molecule has 1 fully saturated rings. The highest BCUT2D eigenvalue weighted by Gasteiger charge is 2.50. The van der Waals surface area contributed by atoms with E-state index in [1.807, 2.05) is 19.9 Å². The largest absolute Gasteiger partial charge is 0.444 e. The highest BCUT2D eigenvalue weighted by Crippen LogP contribution is 2.44. The van der Waals surface area contributed by atoms with Crippen LogP contribution in [-0.2, 0) is 11.3 Å². The molecule has 0 spiro atoms. The molecule has 84 valence electrons. The molecule has 1 aromatic rings. The molecule has 1 heterocycles. The van der Waals surface area contributed by atoms with Crippen molar-refractivity contribution in [2.24, 2.45) is 5.41 Å². The average molecular weight is 219 g/mol. The second-order valence-corrected chi connectivity index (χ2v) is 4.13.